The zero-order chi connectivity index (χ0) is 11.8. The fourth-order valence-corrected chi connectivity index (χ4v) is 1.86. The summed E-state index contributed by atoms with van der Waals surface area (Å²) in [7, 11) is 1.49. The highest BCUT2D eigenvalue weighted by molar-refractivity contribution is 5.84. The number of carboxylic acid groups (broad SMARTS) is 1. The number of carbonyl (C=O) groups is 1. The minimum absolute atomic E-state index is 0.0974. The largest absolute Gasteiger partial charge is 0.475 e. The minimum atomic E-state index is -1.19. The van der Waals surface area contributed by atoms with Crippen molar-refractivity contribution in [2.75, 3.05) is 13.7 Å². The molecule has 1 fully saturated rings. The maximum atomic E-state index is 10.7. The topological polar surface area (TPSA) is 79.9 Å². The van der Waals surface area contributed by atoms with E-state index in [1.807, 2.05) is 0 Å². The zero-order valence-corrected chi connectivity index (χ0v) is 8.97. The molecule has 1 atom stereocenters. The molecule has 2 rings (SSSR count). The van der Waals surface area contributed by atoms with Crippen molar-refractivity contribution in [1.82, 2.24) is 0 Å². The Bertz CT molecular complexity index is 393. The van der Waals surface area contributed by atoms with E-state index in [0.29, 0.717) is 0 Å². The SMILES string of the molecule is COCC(O)(c1ccc(C(=O)O)o1)C1CC1. The van der Waals surface area contributed by atoms with Gasteiger partial charge in [-0.2, -0.15) is 0 Å². The molecule has 5 nitrogen and oxygen atoms in total. The Morgan fingerprint density at radius 2 is 2.31 bits per heavy atom. The van der Waals surface area contributed by atoms with Crippen LogP contribution in [-0.2, 0) is 10.3 Å². The number of ether oxygens (including phenoxy) is 1. The molecule has 2 N–H and O–H groups in total. The van der Waals surface area contributed by atoms with Crippen LogP contribution < -0.4 is 0 Å². The maximum absolute atomic E-state index is 10.7. The van der Waals surface area contributed by atoms with Crippen LogP contribution in [0.1, 0.15) is 29.2 Å². The van der Waals surface area contributed by atoms with Crippen molar-refractivity contribution < 1.29 is 24.2 Å². The summed E-state index contributed by atoms with van der Waals surface area (Å²) in [4.78, 5) is 10.7. The monoisotopic (exact) mass is 226 g/mol. The van der Waals surface area contributed by atoms with Crippen LogP contribution in [0.15, 0.2) is 16.5 Å². The molecule has 0 aromatic carbocycles. The highest BCUT2D eigenvalue weighted by atomic mass is 16.5. The van der Waals surface area contributed by atoms with E-state index in [0.717, 1.165) is 12.8 Å². The fraction of sp³-hybridized carbons (Fsp3) is 0.545. The molecular formula is C11H14O5. The van der Waals surface area contributed by atoms with Gasteiger partial charge in [-0.1, -0.05) is 0 Å². The lowest BCUT2D eigenvalue weighted by molar-refractivity contribution is -0.0682. The molecule has 1 aromatic rings. The summed E-state index contributed by atoms with van der Waals surface area (Å²) in [5.41, 5.74) is -1.19. The van der Waals surface area contributed by atoms with Crippen LogP contribution in [0.25, 0.3) is 0 Å². The molecule has 0 amide bonds. The van der Waals surface area contributed by atoms with Crippen LogP contribution in [-0.4, -0.2) is 29.9 Å². The molecule has 0 spiro atoms. The van der Waals surface area contributed by atoms with Gasteiger partial charge in [-0.05, 0) is 30.9 Å². The van der Waals surface area contributed by atoms with E-state index < -0.39 is 11.6 Å². The van der Waals surface area contributed by atoms with Gasteiger partial charge < -0.3 is 19.4 Å². The summed E-state index contributed by atoms with van der Waals surface area (Å²) < 4.78 is 10.1. The van der Waals surface area contributed by atoms with E-state index in [2.05, 4.69) is 0 Å². The molecule has 1 aliphatic rings. The van der Waals surface area contributed by atoms with Gasteiger partial charge in [0.15, 0.2) is 0 Å². The predicted octanol–water partition coefficient (Wildman–Crippen LogP) is 1.22. The van der Waals surface area contributed by atoms with E-state index >= 15 is 0 Å². The molecule has 0 radical (unpaired) electrons. The Kier molecular flexibility index (Phi) is 2.73. The molecule has 1 aliphatic carbocycles. The number of hydrogen-bond donors (Lipinski definition) is 2. The lowest BCUT2D eigenvalue weighted by Crippen LogP contribution is -2.33. The highest BCUT2D eigenvalue weighted by Gasteiger charge is 2.47. The first-order chi connectivity index (χ1) is 7.58. The molecule has 1 unspecified atom stereocenters. The van der Waals surface area contributed by atoms with Gasteiger partial charge in [0.25, 0.3) is 0 Å². The van der Waals surface area contributed by atoms with Crippen molar-refractivity contribution in [2.45, 2.75) is 18.4 Å². The van der Waals surface area contributed by atoms with Gasteiger partial charge in [-0.3, -0.25) is 0 Å². The first-order valence-electron chi connectivity index (χ1n) is 5.13. The smallest absolute Gasteiger partial charge is 0.371 e. The summed E-state index contributed by atoms with van der Waals surface area (Å²) in [6, 6.07) is 2.85. The molecule has 0 aliphatic heterocycles. The van der Waals surface area contributed by atoms with Crippen molar-refractivity contribution in [3.63, 3.8) is 0 Å². The summed E-state index contributed by atoms with van der Waals surface area (Å²) in [5, 5.41) is 19.1. The second-order valence-corrected chi connectivity index (χ2v) is 4.10. The standard InChI is InChI=1S/C11H14O5/c1-15-6-11(14,7-2-3-7)9-5-4-8(16-9)10(12)13/h4-5,7,14H,2-3,6H2,1H3,(H,12,13). The second-order valence-electron chi connectivity index (χ2n) is 4.10. The van der Waals surface area contributed by atoms with E-state index in [4.69, 9.17) is 14.3 Å². The molecule has 1 heterocycles. The normalized spacial score (nSPS) is 19.4. The van der Waals surface area contributed by atoms with Gasteiger partial charge in [-0.25, -0.2) is 4.79 Å². The van der Waals surface area contributed by atoms with E-state index in [9.17, 15) is 9.90 Å². The molecule has 0 saturated heterocycles. The number of methoxy groups -OCH3 is 1. The highest BCUT2D eigenvalue weighted by Crippen LogP contribution is 2.46. The number of carboxylic acids is 1. The summed E-state index contributed by atoms with van der Waals surface area (Å²) >= 11 is 0. The second kappa shape index (κ2) is 3.92. The number of furan rings is 1. The molecule has 16 heavy (non-hydrogen) atoms. The lowest BCUT2D eigenvalue weighted by atomic mass is 9.96. The van der Waals surface area contributed by atoms with Crippen LogP contribution in [0.5, 0.6) is 0 Å². The Hall–Kier alpha value is -1.33. The minimum Gasteiger partial charge on any atom is -0.475 e. The van der Waals surface area contributed by atoms with Crippen molar-refractivity contribution in [2.24, 2.45) is 5.92 Å². The van der Waals surface area contributed by atoms with Crippen molar-refractivity contribution in [3.8, 4) is 0 Å². The van der Waals surface area contributed by atoms with Crippen LogP contribution in [0.3, 0.4) is 0 Å². The van der Waals surface area contributed by atoms with E-state index in [1.54, 1.807) is 0 Å². The van der Waals surface area contributed by atoms with Crippen LogP contribution in [0.4, 0.5) is 0 Å². The Morgan fingerprint density at radius 1 is 1.62 bits per heavy atom. The Balaban J connectivity index is 2.27. The molecule has 0 bridgehead atoms. The van der Waals surface area contributed by atoms with Gasteiger partial charge in [0, 0.05) is 7.11 Å². The number of aliphatic hydroxyl groups is 1. The van der Waals surface area contributed by atoms with Gasteiger partial charge in [0.05, 0.1) is 6.61 Å². The van der Waals surface area contributed by atoms with Crippen molar-refractivity contribution in [1.29, 1.82) is 0 Å². The third-order valence-corrected chi connectivity index (χ3v) is 2.86. The Labute approximate surface area is 92.6 Å². The van der Waals surface area contributed by atoms with Gasteiger partial charge in [0.2, 0.25) is 5.76 Å². The van der Waals surface area contributed by atoms with Crippen molar-refractivity contribution >= 4 is 5.97 Å². The lowest BCUT2D eigenvalue weighted by Gasteiger charge is -2.24. The molecule has 5 heteroatoms. The third-order valence-electron chi connectivity index (χ3n) is 2.86. The van der Waals surface area contributed by atoms with Gasteiger partial charge in [0.1, 0.15) is 11.4 Å². The predicted molar refractivity (Wildman–Crippen MR) is 54.2 cm³/mol. The number of aromatic carboxylic acids is 1. The summed E-state index contributed by atoms with van der Waals surface area (Å²) in [6.07, 6.45) is 1.81. The van der Waals surface area contributed by atoms with E-state index in [1.165, 1.54) is 19.2 Å². The first-order valence-corrected chi connectivity index (χ1v) is 5.13. The maximum Gasteiger partial charge on any atom is 0.371 e. The van der Waals surface area contributed by atoms with Crippen LogP contribution >= 0.6 is 0 Å². The molecular weight excluding hydrogens is 212 g/mol. The fourth-order valence-electron chi connectivity index (χ4n) is 1.86. The van der Waals surface area contributed by atoms with E-state index in [-0.39, 0.29) is 24.0 Å². The number of rotatable bonds is 5. The van der Waals surface area contributed by atoms with Gasteiger partial charge in [-0.15, -0.1) is 0 Å². The first kappa shape index (κ1) is 11.2. The number of hydrogen-bond acceptors (Lipinski definition) is 4. The van der Waals surface area contributed by atoms with Crippen molar-refractivity contribution in [3.05, 3.63) is 23.7 Å². The zero-order valence-electron chi connectivity index (χ0n) is 8.97. The average molecular weight is 226 g/mol. The quantitative estimate of drug-likeness (QED) is 0.789. The molecule has 88 valence electrons. The van der Waals surface area contributed by atoms with Gasteiger partial charge >= 0.3 is 5.97 Å². The van der Waals surface area contributed by atoms with Crippen LogP contribution in [0.2, 0.25) is 0 Å². The molecule has 1 aromatic heterocycles. The Morgan fingerprint density at radius 3 is 2.75 bits per heavy atom. The van der Waals surface area contributed by atoms with Crippen LogP contribution in [0, 0.1) is 5.92 Å². The summed E-state index contributed by atoms with van der Waals surface area (Å²) in [6.45, 7) is 0.115. The third kappa shape index (κ3) is 1.83. The average Bonchev–Trinajstić information content (AvgIpc) is 2.95. The molecule has 1 saturated carbocycles. The summed E-state index contributed by atoms with van der Waals surface area (Å²) in [5.74, 6) is -0.929.